The minimum Gasteiger partial charge on any atom is -0.354 e. The van der Waals surface area contributed by atoms with Crippen LogP contribution in [0.3, 0.4) is 0 Å². The molecule has 0 aromatic heterocycles. The number of nitrogens with one attached hydrogen (secondary N) is 3. The molecular weight excluding hydrogens is 458 g/mol. The zero-order chi connectivity index (χ0) is 24.1. The summed E-state index contributed by atoms with van der Waals surface area (Å²) in [5, 5.41) is 8.22. The quantitative estimate of drug-likeness (QED) is 0.594. The van der Waals surface area contributed by atoms with Crippen molar-refractivity contribution < 1.29 is 22.8 Å². The molecule has 2 aliphatic rings. The predicted molar refractivity (Wildman–Crippen MR) is 127 cm³/mol. The highest BCUT2D eigenvalue weighted by Crippen LogP contribution is 2.23. The topological polar surface area (TPSA) is 128 Å². The van der Waals surface area contributed by atoms with Crippen molar-refractivity contribution in [2.45, 2.75) is 17.7 Å². The Morgan fingerprint density at radius 3 is 2.50 bits per heavy atom. The molecule has 2 heterocycles. The molecule has 3 N–H and O–H groups in total. The molecule has 2 aromatic rings. The number of piperidine rings is 1. The molecule has 1 unspecified atom stereocenters. The first kappa shape index (κ1) is 23.7. The zero-order valence-corrected chi connectivity index (χ0v) is 19.4. The van der Waals surface area contributed by atoms with Gasteiger partial charge in [-0.25, -0.2) is 13.2 Å². The van der Waals surface area contributed by atoms with Crippen LogP contribution in [0.15, 0.2) is 59.5 Å². The number of carbonyl (C=O) groups excluding carboxylic acids is 3. The fourth-order valence-electron chi connectivity index (χ4n) is 4.05. The fraction of sp³-hybridized carbons (Fsp3) is 0.348. The Bertz CT molecular complexity index is 1170. The summed E-state index contributed by atoms with van der Waals surface area (Å²) in [6.45, 7) is 1.03. The van der Waals surface area contributed by atoms with Crippen molar-refractivity contribution in [3.8, 4) is 0 Å². The van der Waals surface area contributed by atoms with Gasteiger partial charge in [0.25, 0.3) is 0 Å². The molecule has 11 heteroatoms. The number of piperazine rings is 1. The van der Waals surface area contributed by atoms with E-state index in [-0.39, 0.29) is 48.9 Å². The second kappa shape index (κ2) is 10.2. The number of sulfonamides is 1. The van der Waals surface area contributed by atoms with E-state index in [1.807, 2.05) is 18.2 Å². The number of likely N-dealkylation sites (tertiary alicyclic amines) is 1. The molecule has 2 aliphatic heterocycles. The lowest BCUT2D eigenvalue weighted by molar-refractivity contribution is -0.123. The van der Waals surface area contributed by atoms with E-state index in [9.17, 15) is 22.8 Å². The number of benzene rings is 2. The minimum atomic E-state index is -3.87. The van der Waals surface area contributed by atoms with Gasteiger partial charge in [0.2, 0.25) is 21.8 Å². The lowest BCUT2D eigenvalue weighted by atomic mass is 9.97. The standard InChI is InChI=1S/C23H27N5O5S/c29-21-16-28(13-11-24-21)34(32,33)20-10-4-9-19(14-20)25-22(30)17-6-5-12-27(15-17)23(31)26-18-7-2-1-3-8-18/h1-4,7-10,14,17H,5-6,11-13,15-16H2,(H,24,29)(H,25,30)(H,26,31). The molecule has 0 radical (unpaired) electrons. The second-order valence-corrected chi connectivity index (χ2v) is 10.2. The molecule has 0 spiro atoms. The number of anilines is 2. The molecule has 180 valence electrons. The summed E-state index contributed by atoms with van der Waals surface area (Å²) in [7, 11) is -3.87. The molecule has 0 aliphatic carbocycles. The molecule has 10 nitrogen and oxygen atoms in total. The van der Waals surface area contributed by atoms with Gasteiger partial charge in [-0.2, -0.15) is 4.31 Å². The van der Waals surface area contributed by atoms with Crippen molar-refractivity contribution >= 4 is 39.2 Å². The van der Waals surface area contributed by atoms with E-state index in [1.165, 1.54) is 12.1 Å². The molecule has 4 rings (SSSR count). The molecule has 4 amide bonds. The number of carbonyl (C=O) groups is 3. The number of rotatable bonds is 5. The van der Waals surface area contributed by atoms with Crippen LogP contribution in [0, 0.1) is 5.92 Å². The Hall–Kier alpha value is -3.44. The summed E-state index contributed by atoms with van der Waals surface area (Å²) in [5.74, 6) is -1.04. The summed E-state index contributed by atoms with van der Waals surface area (Å²) in [5.41, 5.74) is 1.03. The summed E-state index contributed by atoms with van der Waals surface area (Å²) in [6.07, 6.45) is 1.31. The number of hydrogen-bond donors (Lipinski definition) is 3. The molecule has 34 heavy (non-hydrogen) atoms. The lowest BCUT2D eigenvalue weighted by Gasteiger charge is -2.32. The number of nitrogens with zero attached hydrogens (tertiary/aromatic N) is 2. The van der Waals surface area contributed by atoms with E-state index < -0.39 is 15.9 Å². The maximum Gasteiger partial charge on any atom is 0.321 e. The van der Waals surface area contributed by atoms with Gasteiger partial charge in [-0.1, -0.05) is 24.3 Å². The lowest BCUT2D eigenvalue weighted by Crippen LogP contribution is -2.49. The maximum atomic E-state index is 12.9. The highest BCUT2D eigenvalue weighted by atomic mass is 32.2. The first-order valence-electron chi connectivity index (χ1n) is 11.1. The Balaban J connectivity index is 1.39. The van der Waals surface area contributed by atoms with Crippen molar-refractivity contribution in [2.24, 2.45) is 5.92 Å². The normalized spacial score (nSPS) is 19.2. The van der Waals surface area contributed by atoms with E-state index in [2.05, 4.69) is 16.0 Å². The first-order valence-corrected chi connectivity index (χ1v) is 12.6. The van der Waals surface area contributed by atoms with E-state index in [0.29, 0.717) is 30.8 Å². The van der Waals surface area contributed by atoms with Crippen molar-refractivity contribution in [3.05, 3.63) is 54.6 Å². The van der Waals surface area contributed by atoms with E-state index in [4.69, 9.17) is 0 Å². The zero-order valence-electron chi connectivity index (χ0n) is 18.6. The van der Waals surface area contributed by atoms with Gasteiger partial charge in [0.1, 0.15) is 0 Å². The highest BCUT2D eigenvalue weighted by molar-refractivity contribution is 7.89. The molecule has 1 atom stereocenters. The van der Waals surface area contributed by atoms with Crippen LogP contribution < -0.4 is 16.0 Å². The summed E-state index contributed by atoms with van der Waals surface area (Å²) >= 11 is 0. The Labute approximate surface area is 198 Å². The van der Waals surface area contributed by atoms with Crippen LogP contribution in [0.1, 0.15) is 12.8 Å². The summed E-state index contributed by atoms with van der Waals surface area (Å²) in [4.78, 5) is 38.8. The molecular formula is C23H27N5O5S. The number of para-hydroxylation sites is 1. The van der Waals surface area contributed by atoms with Gasteiger partial charge < -0.3 is 20.9 Å². The van der Waals surface area contributed by atoms with Crippen LogP contribution in [-0.2, 0) is 19.6 Å². The molecule has 2 saturated heterocycles. The van der Waals surface area contributed by atoms with E-state index >= 15 is 0 Å². The van der Waals surface area contributed by atoms with E-state index in [1.54, 1.807) is 29.2 Å². The average Bonchev–Trinajstić information content (AvgIpc) is 2.85. The van der Waals surface area contributed by atoms with Crippen molar-refractivity contribution in [1.82, 2.24) is 14.5 Å². The van der Waals surface area contributed by atoms with Gasteiger partial charge in [-0.3, -0.25) is 9.59 Å². The average molecular weight is 486 g/mol. The molecule has 2 aromatic carbocycles. The number of urea groups is 1. The molecule has 0 saturated carbocycles. The van der Waals surface area contributed by atoms with Crippen molar-refractivity contribution in [2.75, 3.05) is 43.4 Å². The summed E-state index contributed by atoms with van der Waals surface area (Å²) < 4.78 is 27.0. The maximum absolute atomic E-state index is 12.9. The second-order valence-electron chi connectivity index (χ2n) is 8.29. The van der Waals surface area contributed by atoms with E-state index in [0.717, 1.165) is 4.31 Å². The fourth-order valence-corrected chi connectivity index (χ4v) is 5.49. The predicted octanol–water partition coefficient (Wildman–Crippen LogP) is 1.69. The number of hydrogen-bond acceptors (Lipinski definition) is 5. The third-order valence-electron chi connectivity index (χ3n) is 5.85. The monoisotopic (exact) mass is 485 g/mol. The SMILES string of the molecule is O=C1CN(S(=O)(=O)c2cccc(NC(=O)C3CCCN(C(=O)Nc4ccccc4)C3)c2)CCN1. The molecule has 2 fully saturated rings. The largest absolute Gasteiger partial charge is 0.354 e. The Morgan fingerprint density at radius 2 is 1.74 bits per heavy atom. The Kier molecular flexibility index (Phi) is 7.13. The molecule has 0 bridgehead atoms. The van der Waals surface area contributed by atoms with Gasteiger partial charge in [0, 0.05) is 37.6 Å². The third kappa shape index (κ3) is 5.54. The van der Waals surface area contributed by atoms with Crippen molar-refractivity contribution in [1.29, 1.82) is 0 Å². The van der Waals surface area contributed by atoms with Crippen LogP contribution in [0.4, 0.5) is 16.2 Å². The van der Waals surface area contributed by atoms with Crippen LogP contribution >= 0.6 is 0 Å². The van der Waals surface area contributed by atoms with Gasteiger partial charge in [-0.05, 0) is 43.2 Å². The van der Waals surface area contributed by atoms with Crippen LogP contribution in [0.2, 0.25) is 0 Å². The number of amides is 4. The van der Waals surface area contributed by atoms with Crippen LogP contribution in [0.5, 0.6) is 0 Å². The third-order valence-corrected chi connectivity index (χ3v) is 7.69. The van der Waals surface area contributed by atoms with Gasteiger partial charge >= 0.3 is 6.03 Å². The first-order chi connectivity index (χ1) is 16.3. The van der Waals surface area contributed by atoms with Crippen LogP contribution in [0.25, 0.3) is 0 Å². The van der Waals surface area contributed by atoms with Gasteiger partial charge in [0.05, 0.1) is 17.4 Å². The van der Waals surface area contributed by atoms with Crippen molar-refractivity contribution in [3.63, 3.8) is 0 Å². The Morgan fingerprint density at radius 1 is 0.971 bits per heavy atom. The van der Waals surface area contributed by atoms with Gasteiger partial charge in [0.15, 0.2) is 0 Å². The smallest absolute Gasteiger partial charge is 0.321 e. The highest BCUT2D eigenvalue weighted by Gasteiger charge is 2.31. The summed E-state index contributed by atoms with van der Waals surface area (Å²) in [6, 6.07) is 14.8. The minimum absolute atomic E-state index is 0.00695. The van der Waals surface area contributed by atoms with Crippen LogP contribution in [-0.4, -0.2) is 68.2 Å². The van der Waals surface area contributed by atoms with Gasteiger partial charge in [-0.15, -0.1) is 0 Å².